The third-order valence-electron chi connectivity index (χ3n) is 4.67. The number of halogens is 4. The monoisotopic (exact) mass is 421 g/mol. The third-order valence-corrected chi connectivity index (χ3v) is 5.78. The van der Waals surface area contributed by atoms with Gasteiger partial charge in [0.2, 0.25) is 0 Å². The van der Waals surface area contributed by atoms with Gasteiger partial charge in [0.1, 0.15) is 30.1 Å². The van der Waals surface area contributed by atoms with E-state index in [1.807, 2.05) is 0 Å². The van der Waals surface area contributed by atoms with E-state index >= 15 is 0 Å². The Bertz CT molecular complexity index is 900. The van der Waals surface area contributed by atoms with Crippen molar-refractivity contribution in [1.29, 1.82) is 0 Å². The first-order valence-corrected chi connectivity index (χ1v) is 9.11. The molecule has 26 heavy (non-hydrogen) atoms. The predicted octanol–water partition coefficient (Wildman–Crippen LogP) is 4.80. The maximum absolute atomic E-state index is 13.5. The molecular formula is C17H15Cl3FNO4. The number of hydrogen-bond donors (Lipinski definition) is 0. The van der Waals surface area contributed by atoms with Gasteiger partial charge in [0.05, 0.1) is 21.1 Å². The highest BCUT2D eigenvalue weighted by molar-refractivity contribution is 6.43. The Balaban J connectivity index is 1.90. The highest BCUT2D eigenvalue weighted by atomic mass is 35.5. The first-order chi connectivity index (χ1) is 12.3. The normalized spacial score (nSPS) is 30.1. The number of alkyl halides is 1. The fraction of sp³-hybridized carbons (Fsp3) is 0.471. The fourth-order valence-corrected chi connectivity index (χ4v) is 4.31. The molecule has 0 saturated carbocycles. The number of nitrogens with zero attached hydrogens (tertiary/aromatic N) is 1. The standard InChI is InChI=1S/C17H15Cl3FNO4/c1-17(2)25-13-12(5-21)24-16(14(13)26-17)22-11-4-10(19)9(18)3-7(11)8(6-23)15(22)20/h3-4,6,12-14,16H,5H2,1-2H3/t12-,13?,14?,16-/m1/s1. The summed E-state index contributed by atoms with van der Waals surface area (Å²) >= 11 is 18.7. The van der Waals surface area contributed by atoms with Crippen molar-refractivity contribution < 1.29 is 23.4 Å². The number of benzene rings is 1. The van der Waals surface area contributed by atoms with E-state index in [4.69, 9.17) is 49.0 Å². The average molecular weight is 423 g/mol. The number of hydrogen-bond acceptors (Lipinski definition) is 4. The Morgan fingerprint density at radius 1 is 1.19 bits per heavy atom. The van der Waals surface area contributed by atoms with Crippen molar-refractivity contribution in [3.05, 3.63) is 32.9 Å². The Morgan fingerprint density at radius 3 is 2.50 bits per heavy atom. The summed E-state index contributed by atoms with van der Waals surface area (Å²) in [5, 5.41) is 1.27. The van der Waals surface area contributed by atoms with Gasteiger partial charge in [-0.15, -0.1) is 0 Å². The molecule has 4 rings (SSSR count). The van der Waals surface area contributed by atoms with E-state index in [-0.39, 0.29) is 10.7 Å². The quantitative estimate of drug-likeness (QED) is 0.667. The lowest BCUT2D eigenvalue weighted by atomic mass is 10.1. The van der Waals surface area contributed by atoms with Crippen LogP contribution in [0.5, 0.6) is 0 Å². The molecule has 5 nitrogen and oxygen atoms in total. The van der Waals surface area contributed by atoms with E-state index in [0.29, 0.717) is 27.2 Å². The molecule has 0 bridgehead atoms. The number of aldehydes is 1. The largest absolute Gasteiger partial charge is 0.346 e. The molecule has 0 N–H and O–H groups in total. The van der Waals surface area contributed by atoms with Gasteiger partial charge in [0.25, 0.3) is 0 Å². The van der Waals surface area contributed by atoms with Crippen molar-refractivity contribution in [2.45, 2.75) is 44.2 Å². The lowest BCUT2D eigenvalue weighted by Gasteiger charge is -2.25. The second-order valence-corrected chi connectivity index (χ2v) is 7.93. The lowest BCUT2D eigenvalue weighted by Crippen LogP contribution is -2.30. The molecule has 2 aliphatic rings. The zero-order chi connectivity index (χ0) is 18.8. The molecule has 2 unspecified atom stereocenters. The SMILES string of the molecule is CC1(C)OC2C(O1)[C@@H](CF)O[C@H]2n1c(Cl)c(C=O)c2cc(Cl)c(Cl)cc21. The van der Waals surface area contributed by atoms with Crippen molar-refractivity contribution in [2.24, 2.45) is 0 Å². The summed E-state index contributed by atoms with van der Waals surface area (Å²) in [6.45, 7) is 2.77. The van der Waals surface area contributed by atoms with Crippen LogP contribution in [0.2, 0.25) is 15.2 Å². The fourth-order valence-electron chi connectivity index (χ4n) is 3.65. The molecule has 0 radical (unpaired) electrons. The third kappa shape index (κ3) is 2.66. The molecule has 0 aliphatic carbocycles. The van der Waals surface area contributed by atoms with Gasteiger partial charge < -0.3 is 18.8 Å². The summed E-state index contributed by atoms with van der Waals surface area (Å²) in [5.41, 5.74) is 0.797. The summed E-state index contributed by atoms with van der Waals surface area (Å²) in [7, 11) is 0. The summed E-state index contributed by atoms with van der Waals surface area (Å²) in [5.74, 6) is -0.880. The van der Waals surface area contributed by atoms with Crippen LogP contribution in [0, 0.1) is 0 Å². The summed E-state index contributed by atoms with van der Waals surface area (Å²) in [6.07, 6.45) is -2.12. The molecule has 9 heteroatoms. The molecular weight excluding hydrogens is 408 g/mol. The molecule has 3 heterocycles. The molecule has 140 valence electrons. The molecule has 0 spiro atoms. The molecule has 2 aliphatic heterocycles. The zero-order valence-electron chi connectivity index (χ0n) is 13.8. The van der Waals surface area contributed by atoms with E-state index in [9.17, 15) is 9.18 Å². The van der Waals surface area contributed by atoms with Crippen LogP contribution in [0.25, 0.3) is 10.9 Å². The minimum atomic E-state index is -0.880. The van der Waals surface area contributed by atoms with Crippen LogP contribution < -0.4 is 0 Å². The van der Waals surface area contributed by atoms with Gasteiger partial charge in [-0.3, -0.25) is 4.79 Å². The van der Waals surface area contributed by atoms with E-state index in [0.717, 1.165) is 0 Å². The van der Waals surface area contributed by atoms with Crippen molar-refractivity contribution in [3.63, 3.8) is 0 Å². The van der Waals surface area contributed by atoms with Gasteiger partial charge >= 0.3 is 0 Å². The Kier molecular flexibility index (Phi) is 4.50. The number of aromatic nitrogens is 1. The van der Waals surface area contributed by atoms with Crippen LogP contribution in [0.1, 0.15) is 30.4 Å². The molecule has 1 aromatic carbocycles. The molecule has 2 fully saturated rings. The molecule has 0 amide bonds. The van der Waals surface area contributed by atoms with Crippen molar-refractivity contribution in [3.8, 4) is 0 Å². The second kappa shape index (κ2) is 6.33. The smallest absolute Gasteiger partial charge is 0.164 e. The Morgan fingerprint density at radius 2 is 1.85 bits per heavy atom. The summed E-state index contributed by atoms with van der Waals surface area (Å²) in [4.78, 5) is 11.6. The van der Waals surface area contributed by atoms with Gasteiger partial charge in [-0.1, -0.05) is 34.8 Å². The van der Waals surface area contributed by atoms with Crippen LogP contribution in [-0.2, 0) is 14.2 Å². The van der Waals surface area contributed by atoms with Gasteiger partial charge in [-0.25, -0.2) is 4.39 Å². The van der Waals surface area contributed by atoms with Crippen LogP contribution >= 0.6 is 34.8 Å². The maximum atomic E-state index is 13.5. The van der Waals surface area contributed by atoms with Gasteiger partial charge in [-0.2, -0.15) is 0 Å². The minimum absolute atomic E-state index is 0.143. The highest BCUT2D eigenvalue weighted by Crippen LogP contribution is 2.47. The highest BCUT2D eigenvalue weighted by Gasteiger charge is 2.56. The van der Waals surface area contributed by atoms with Crippen molar-refractivity contribution >= 4 is 52.0 Å². The topological polar surface area (TPSA) is 49.7 Å². The number of rotatable bonds is 3. The number of ether oxygens (including phenoxy) is 3. The van der Waals surface area contributed by atoms with Gasteiger partial charge in [0.15, 0.2) is 18.3 Å². The lowest BCUT2D eigenvalue weighted by molar-refractivity contribution is -0.197. The van der Waals surface area contributed by atoms with E-state index in [2.05, 4.69) is 0 Å². The first-order valence-electron chi connectivity index (χ1n) is 7.98. The zero-order valence-corrected chi connectivity index (χ0v) is 16.1. The van der Waals surface area contributed by atoms with E-state index in [1.165, 1.54) is 0 Å². The number of carbonyl (C=O) groups is 1. The number of carbonyl (C=O) groups excluding carboxylic acids is 1. The average Bonchev–Trinajstić information content (AvgIpc) is 3.14. The van der Waals surface area contributed by atoms with Crippen molar-refractivity contribution in [1.82, 2.24) is 4.57 Å². The molecule has 2 aromatic rings. The molecule has 1 aromatic heterocycles. The minimum Gasteiger partial charge on any atom is -0.346 e. The van der Waals surface area contributed by atoms with E-state index in [1.54, 1.807) is 30.5 Å². The summed E-state index contributed by atoms with van der Waals surface area (Å²) in [6, 6.07) is 3.17. The maximum Gasteiger partial charge on any atom is 0.164 e. The van der Waals surface area contributed by atoms with Crippen LogP contribution in [0.3, 0.4) is 0 Å². The van der Waals surface area contributed by atoms with Gasteiger partial charge in [-0.05, 0) is 26.0 Å². The predicted molar refractivity (Wildman–Crippen MR) is 96.1 cm³/mol. The van der Waals surface area contributed by atoms with Crippen LogP contribution in [0.4, 0.5) is 4.39 Å². The molecule has 2 saturated heterocycles. The van der Waals surface area contributed by atoms with Gasteiger partial charge in [0, 0.05) is 5.39 Å². The van der Waals surface area contributed by atoms with Crippen molar-refractivity contribution in [2.75, 3.05) is 6.67 Å². The second-order valence-electron chi connectivity index (χ2n) is 6.76. The first kappa shape index (κ1) is 18.5. The van der Waals surface area contributed by atoms with Crippen LogP contribution in [-0.4, -0.2) is 41.6 Å². The Hall–Kier alpha value is -0.890. The Labute approximate surface area is 163 Å². The van der Waals surface area contributed by atoms with Crippen LogP contribution in [0.15, 0.2) is 12.1 Å². The summed E-state index contributed by atoms with van der Waals surface area (Å²) < 4.78 is 32.6. The van der Waals surface area contributed by atoms with E-state index < -0.39 is 37.0 Å². The number of fused-ring (bicyclic) bond motifs is 2. The molecule has 4 atom stereocenters.